The molecule has 3 rings (SSSR count). The second kappa shape index (κ2) is 11.5. The molecular weight excluding hydrogens is 426 g/mol. The molecule has 0 aliphatic carbocycles. The first-order valence-corrected chi connectivity index (χ1v) is 11.7. The number of carbonyl (C=O) groups is 1. The van der Waals surface area contributed by atoms with Gasteiger partial charge in [-0.05, 0) is 75.6 Å². The quantitative estimate of drug-likeness (QED) is 0.552. The molecule has 7 nitrogen and oxygen atoms in total. The van der Waals surface area contributed by atoms with Crippen molar-refractivity contribution in [2.45, 2.75) is 52.5 Å². The first-order valence-electron chi connectivity index (χ1n) is 11.3. The maximum atomic E-state index is 12.4. The Kier molecular flexibility index (Phi) is 8.70. The van der Waals surface area contributed by atoms with E-state index in [1.165, 1.54) is 0 Å². The Morgan fingerprint density at radius 3 is 2.47 bits per heavy atom. The van der Waals surface area contributed by atoms with Crippen LogP contribution in [-0.2, 0) is 0 Å². The highest BCUT2D eigenvalue weighted by Gasteiger charge is 2.21. The van der Waals surface area contributed by atoms with Crippen molar-refractivity contribution in [3.63, 3.8) is 0 Å². The number of nitrogens with two attached hydrogens (primary N) is 1. The van der Waals surface area contributed by atoms with E-state index in [9.17, 15) is 4.79 Å². The van der Waals surface area contributed by atoms with Crippen molar-refractivity contribution in [2.24, 2.45) is 11.7 Å². The van der Waals surface area contributed by atoms with Gasteiger partial charge in [0.1, 0.15) is 5.75 Å². The van der Waals surface area contributed by atoms with Crippen molar-refractivity contribution < 1.29 is 9.53 Å². The summed E-state index contributed by atoms with van der Waals surface area (Å²) < 4.78 is 6.00. The zero-order valence-electron chi connectivity index (χ0n) is 19.2. The van der Waals surface area contributed by atoms with Gasteiger partial charge in [-0.15, -0.1) is 0 Å². The largest absolute Gasteiger partial charge is 0.494 e. The molecule has 174 valence electrons. The maximum absolute atomic E-state index is 12.4. The molecule has 1 saturated heterocycles. The molecule has 1 fully saturated rings. The van der Waals surface area contributed by atoms with Crippen LogP contribution in [0.5, 0.6) is 5.75 Å². The second-order valence-corrected chi connectivity index (χ2v) is 9.18. The minimum absolute atomic E-state index is 0.0693. The number of rotatable bonds is 9. The van der Waals surface area contributed by atoms with E-state index >= 15 is 0 Å². The van der Waals surface area contributed by atoms with Crippen molar-refractivity contribution >= 4 is 23.5 Å². The van der Waals surface area contributed by atoms with E-state index in [4.69, 9.17) is 22.1 Å². The van der Waals surface area contributed by atoms with Gasteiger partial charge in [0.25, 0.3) is 5.91 Å². The highest BCUT2D eigenvalue weighted by Crippen LogP contribution is 2.26. The minimum atomic E-state index is -0.0841. The van der Waals surface area contributed by atoms with Gasteiger partial charge in [-0.25, -0.2) is 9.97 Å². The number of ether oxygens (including phenoxy) is 1. The molecule has 1 aromatic heterocycles. The Hall–Kier alpha value is -2.38. The number of aromatic nitrogens is 2. The van der Waals surface area contributed by atoms with Crippen LogP contribution in [0.25, 0.3) is 0 Å². The van der Waals surface area contributed by atoms with E-state index < -0.39 is 0 Å². The van der Waals surface area contributed by atoms with Crippen molar-refractivity contribution in [1.82, 2.24) is 15.3 Å². The summed E-state index contributed by atoms with van der Waals surface area (Å²) in [6.45, 7) is 8.83. The van der Waals surface area contributed by atoms with E-state index in [0.29, 0.717) is 29.7 Å². The van der Waals surface area contributed by atoms with Crippen LogP contribution in [0.2, 0.25) is 5.02 Å². The third kappa shape index (κ3) is 6.81. The molecule has 0 spiro atoms. The molecule has 0 bridgehead atoms. The summed E-state index contributed by atoms with van der Waals surface area (Å²) in [6, 6.07) is 3.82. The number of nitrogens with zero attached hydrogens (tertiary/aromatic N) is 3. The number of aryl methyl sites for hydroxylation is 2. The van der Waals surface area contributed by atoms with Crippen LogP contribution in [0.3, 0.4) is 0 Å². The van der Waals surface area contributed by atoms with Crippen LogP contribution >= 0.6 is 11.6 Å². The van der Waals surface area contributed by atoms with Crippen molar-refractivity contribution in [1.29, 1.82) is 0 Å². The first kappa shape index (κ1) is 24.3. The zero-order chi connectivity index (χ0) is 23.1. The molecule has 2 aromatic rings. The molecule has 32 heavy (non-hydrogen) atoms. The SMILES string of the molecule is Cc1cc(OCCCC2CCN(c3ncc(Cl)cn3)CC2)cc(C)c1C(=O)NCC(C)N. The number of anilines is 1. The highest BCUT2D eigenvalue weighted by atomic mass is 35.5. The van der Waals surface area contributed by atoms with Gasteiger partial charge in [-0.2, -0.15) is 0 Å². The number of benzene rings is 1. The van der Waals surface area contributed by atoms with Crippen LogP contribution in [0.1, 0.15) is 54.1 Å². The topological polar surface area (TPSA) is 93.4 Å². The Bertz CT molecular complexity index is 873. The number of piperidine rings is 1. The van der Waals surface area contributed by atoms with Gasteiger partial charge >= 0.3 is 0 Å². The lowest BCUT2D eigenvalue weighted by Gasteiger charge is -2.32. The fraction of sp³-hybridized carbons (Fsp3) is 0.542. The summed E-state index contributed by atoms with van der Waals surface area (Å²) >= 11 is 5.87. The van der Waals surface area contributed by atoms with Gasteiger partial charge in [0.15, 0.2) is 0 Å². The number of hydrogen-bond acceptors (Lipinski definition) is 6. The lowest BCUT2D eigenvalue weighted by molar-refractivity contribution is 0.0950. The summed E-state index contributed by atoms with van der Waals surface area (Å²) in [4.78, 5) is 23.3. The number of nitrogens with one attached hydrogen (secondary N) is 1. The third-order valence-electron chi connectivity index (χ3n) is 5.85. The molecule has 0 radical (unpaired) electrons. The van der Waals surface area contributed by atoms with Crippen LogP contribution < -0.4 is 20.7 Å². The Labute approximate surface area is 195 Å². The predicted octanol–water partition coefficient (Wildman–Crippen LogP) is 3.90. The summed E-state index contributed by atoms with van der Waals surface area (Å²) in [6.07, 6.45) is 7.72. The Morgan fingerprint density at radius 2 is 1.88 bits per heavy atom. The van der Waals surface area contributed by atoms with E-state index in [2.05, 4.69) is 20.2 Å². The van der Waals surface area contributed by atoms with Crippen molar-refractivity contribution in [3.05, 3.63) is 46.2 Å². The van der Waals surface area contributed by atoms with Crippen LogP contribution in [0.15, 0.2) is 24.5 Å². The molecule has 1 unspecified atom stereocenters. The Morgan fingerprint density at radius 1 is 1.25 bits per heavy atom. The number of carbonyl (C=O) groups excluding carboxylic acids is 1. The van der Waals surface area contributed by atoms with E-state index in [1.54, 1.807) is 12.4 Å². The van der Waals surface area contributed by atoms with Gasteiger partial charge < -0.3 is 20.7 Å². The normalized spacial score (nSPS) is 15.5. The molecule has 2 heterocycles. The molecule has 3 N–H and O–H groups in total. The lowest BCUT2D eigenvalue weighted by Crippen LogP contribution is -2.35. The fourth-order valence-electron chi connectivity index (χ4n) is 4.16. The molecule has 1 aliphatic heterocycles. The summed E-state index contributed by atoms with van der Waals surface area (Å²) in [7, 11) is 0. The lowest BCUT2D eigenvalue weighted by atomic mass is 9.92. The first-order chi connectivity index (χ1) is 15.3. The van der Waals surface area contributed by atoms with Gasteiger partial charge in [0.2, 0.25) is 5.95 Å². The van der Waals surface area contributed by atoms with Gasteiger partial charge in [-0.1, -0.05) is 11.6 Å². The average molecular weight is 460 g/mol. The summed E-state index contributed by atoms with van der Waals surface area (Å²) in [5.74, 6) is 2.19. The Balaban J connectivity index is 1.41. The van der Waals surface area contributed by atoms with Crippen molar-refractivity contribution in [3.8, 4) is 5.75 Å². The molecule has 1 aromatic carbocycles. The molecule has 8 heteroatoms. The predicted molar refractivity (Wildman–Crippen MR) is 129 cm³/mol. The highest BCUT2D eigenvalue weighted by molar-refractivity contribution is 6.30. The van der Waals surface area contributed by atoms with Gasteiger partial charge in [0.05, 0.1) is 24.0 Å². The van der Waals surface area contributed by atoms with E-state index in [1.807, 2.05) is 32.9 Å². The number of amides is 1. The maximum Gasteiger partial charge on any atom is 0.251 e. The molecule has 1 atom stereocenters. The monoisotopic (exact) mass is 459 g/mol. The number of hydrogen-bond donors (Lipinski definition) is 2. The second-order valence-electron chi connectivity index (χ2n) is 8.74. The van der Waals surface area contributed by atoms with E-state index in [0.717, 1.165) is 61.6 Å². The summed E-state index contributed by atoms with van der Waals surface area (Å²) in [5.41, 5.74) is 8.27. The molecule has 1 aliphatic rings. The van der Waals surface area contributed by atoms with Crippen LogP contribution in [-0.4, -0.2) is 48.2 Å². The smallest absolute Gasteiger partial charge is 0.251 e. The zero-order valence-corrected chi connectivity index (χ0v) is 20.0. The van der Waals surface area contributed by atoms with Crippen LogP contribution in [0.4, 0.5) is 5.95 Å². The average Bonchev–Trinajstić information content (AvgIpc) is 2.76. The molecular formula is C24H34ClN5O2. The molecule has 0 saturated carbocycles. The van der Waals surface area contributed by atoms with Gasteiger partial charge in [0, 0.05) is 31.2 Å². The fourth-order valence-corrected chi connectivity index (χ4v) is 4.26. The minimum Gasteiger partial charge on any atom is -0.494 e. The van der Waals surface area contributed by atoms with Crippen molar-refractivity contribution in [2.75, 3.05) is 31.1 Å². The van der Waals surface area contributed by atoms with E-state index in [-0.39, 0.29) is 11.9 Å². The molecule has 1 amide bonds. The summed E-state index contributed by atoms with van der Waals surface area (Å²) in [5, 5.41) is 3.45. The third-order valence-corrected chi connectivity index (χ3v) is 6.04. The standard InChI is InChI=1S/C24H34ClN5O2/c1-16-11-21(12-17(2)22(16)23(31)27-13-18(3)26)32-10-4-5-19-6-8-30(9-7-19)24-28-14-20(25)15-29-24/h11-12,14-15,18-19H,4-10,13,26H2,1-3H3,(H,27,31). The van der Waals surface area contributed by atoms with Crippen LogP contribution in [0, 0.1) is 19.8 Å². The van der Waals surface area contributed by atoms with Gasteiger partial charge in [-0.3, -0.25) is 4.79 Å². The number of halogens is 1.